The van der Waals surface area contributed by atoms with E-state index >= 15 is 0 Å². The molecule has 3 heteroatoms. The van der Waals surface area contributed by atoms with Crippen LogP contribution in [0.1, 0.15) is 47.5 Å². The van der Waals surface area contributed by atoms with Gasteiger partial charge in [0.05, 0.1) is 6.61 Å². The Hall–Kier alpha value is -0.120. The molecule has 0 rings (SSSR count). The van der Waals surface area contributed by atoms with E-state index in [1.807, 2.05) is 7.05 Å². The zero-order valence-electron chi connectivity index (χ0n) is 14.4. The van der Waals surface area contributed by atoms with Crippen LogP contribution in [0.15, 0.2) is 0 Å². The predicted molar refractivity (Wildman–Crippen MR) is 86.7 cm³/mol. The molecule has 118 valence electrons. The highest BCUT2D eigenvalue weighted by Crippen LogP contribution is 2.00. The van der Waals surface area contributed by atoms with Crippen molar-refractivity contribution >= 4 is 0 Å². The van der Waals surface area contributed by atoms with E-state index in [4.69, 9.17) is 5.11 Å². The predicted octanol–water partition coefficient (Wildman–Crippen LogP) is 2.94. The van der Waals surface area contributed by atoms with Gasteiger partial charge in [-0.1, -0.05) is 34.6 Å². The van der Waals surface area contributed by atoms with E-state index < -0.39 is 0 Å². The summed E-state index contributed by atoms with van der Waals surface area (Å²) in [4.78, 5) is 4.50. The number of nitrogens with zero attached hydrogens (tertiary/aromatic N) is 2. The highest BCUT2D eigenvalue weighted by atomic mass is 16.3. The van der Waals surface area contributed by atoms with Crippen molar-refractivity contribution in [2.24, 2.45) is 11.8 Å². The van der Waals surface area contributed by atoms with Gasteiger partial charge in [0.1, 0.15) is 0 Å². The van der Waals surface area contributed by atoms with Crippen LogP contribution in [-0.4, -0.2) is 61.8 Å². The Morgan fingerprint density at radius 2 is 1.21 bits per heavy atom. The number of aliphatic hydroxyl groups is 1. The van der Waals surface area contributed by atoms with Gasteiger partial charge < -0.3 is 14.9 Å². The van der Waals surface area contributed by atoms with Crippen molar-refractivity contribution in [2.45, 2.75) is 47.5 Å². The van der Waals surface area contributed by atoms with Crippen molar-refractivity contribution in [1.82, 2.24) is 9.80 Å². The van der Waals surface area contributed by atoms with E-state index in [1.165, 1.54) is 25.9 Å². The van der Waals surface area contributed by atoms with Crippen LogP contribution >= 0.6 is 0 Å². The molecule has 0 amide bonds. The van der Waals surface area contributed by atoms with Gasteiger partial charge >= 0.3 is 0 Å². The quantitative estimate of drug-likeness (QED) is 0.700. The van der Waals surface area contributed by atoms with Gasteiger partial charge in [0.15, 0.2) is 0 Å². The fourth-order valence-corrected chi connectivity index (χ4v) is 1.40. The molecule has 0 aromatic carbocycles. The molecule has 0 atom stereocenters. The van der Waals surface area contributed by atoms with Crippen LogP contribution in [0, 0.1) is 11.8 Å². The van der Waals surface area contributed by atoms with Gasteiger partial charge in [-0.15, -0.1) is 0 Å². The van der Waals surface area contributed by atoms with E-state index in [1.54, 1.807) is 0 Å². The molecule has 0 saturated heterocycles. The summed E-state index contributed by atoms with van der Waals surface area (Å²) in [6.45, 7) is 15.7. The van der Waals surface area contributed by atoms with Crippen LogP contribution in [0.2, 0.25) is 0 Å². The summed E-state index contributed by atoms with van der Waals surface area (Å²) in [5.41, 5.74) is 0. The lowest BCUT2D eigenvalue weighted by Gasteiger charge is -2.15. The number of hydrogen-bond donors (Lipinski definition) is 1. The van der Waals surface area contributed by atoms with Crippen molar-refractivity contribution in [3.05, 3.63) is 0 Å². The molecular formula is C16H38N2O. The molecule has 0 aliphatic rings. The van der Waals surface area contributed by atoms with E-state index in [2.05, 4.69) is 51.5 Å². The maximum absolute atomic E-state index is 8.56. The minimum absolute atomic E-state index is 0.272. The molecule has 3 nitrogen and oxygen atoms in total. The van der Waals surface area contributed by atoms with E-state index in [0.29, 0.717) is 0 Å². The Bertz CT molecular complexity index is 172. The summed E-state index contributed by atoms with van der Waals surface area (Å²) in [5.74, 6) is 1.61. The van der Waals surface area contributed by atoms with Gasteiger partial charge in [0.25, 0.3) is 0 Å². The third kappa shape index (κ3) is 20.4. The maximum atomic E-state index is 8.56. The Morgan fingerprint density at radius 3 is 1.53 bits per heavy atom. The molecule has 19 heavy (non-hydrogen) atoms. The van der Waals surface area contributed by atoms with Crippen molar-refractivity contribution in [1.29, 1.82) is 0 Å². The largest absolute Gasteiger partial charge is 0.395 e. The number of hydrogen-bond acceptors (Lipinski definition) is 3. The topological polar surface area (TPSA) is 26.7 Å². The molecule has 0 unspecified atom stereocenters. The first-order valence-corrected chi connectivity index (χ1v) is 7.81. The van der Waals surface area contributed by atoms with Gasteiger partial charge in [-0.25, -0.2) is 0 Å². The molecule has 0 fully saturated rings. The van der Waals surface area contributed by atoms with Crippen LogP contribution in [0.25, 0.3) is 0 Å². The summed E-state index contributed by atoms with van der Waals surface area (Å²) in [6, 6.07) is 0. The minimum atomic E-state index is 0.272. The van der Waals surface area contributed by atoms with E-state index in [-0.39, 0.29) is 6.61 Å². The summed E-state index contributed by atoms with van der Waals surface area (Å²) in [7, 11) is 4.21. The summed E-state index contributed by atoms with van der Waals surface area (Å²) in [5, 5.41) is 8.56. The second-order valence-electron chi connectivity index (χ2n) is 6.29. The van der Waals surface area contributed by atoms with Crippen molar-refractivity contribution < 1.29 is 5.11 Å². The van der Waals surface area contributed by atoms with Crippen LogP contribution in [0.4, 0.5) is 0 Å². The Balaban J connectivity index is 0. The lowest BCUT2D eigenvalue weighted by atomic mass is 10.1. The van der Waals surface area contributed by atoms with E-state index in [9.17, 15) is 0 Å². The molecule has 0 bridgehead atoms. The lowest BCUT2D eigenvalue weighted by Crippen LogP contribution is -2.24. The highest BCUT2D eigenvalue weighted by Gasteiger charge is 1.98. The number of rotatable bonds is 9. The zero-order chi connectivity index (χ0) is 15.3. The molecule has 0 heterocycles. The molecule has 0 aromatic heterocycles. The van der Waals surface area contributed by atoms with Crippen molar-refractivity contribution in [3.63, 3.8) is 0 Å². The first-order chi connectivity index (χ1) is 8.83. The Morgan fingerprint density at radius 1 is 0.789 bits per heavy atom. The average Bonchev–Trinajstić information content (AvgIpc) is 2.34. The monoisotopic (exact) mass is 274 g/mol. The molecule has 0 aliphatic heterocycles. The summed E-state index contributed by atoms with van der Waals surface area (Å²) in [6.07, 6.45) is 2.54. The van der Waals surface area contributed by atoms with Gasteiger partial charge in [-0.2, -0.15) is 0 Å². The third-order valence-electron chi connectivity index (χ3n) is 3.20. The maximum Gasteiger partial charge on any atom is 0.0558 e. The summed E-state index contributed by atoms with van der Waals surface area (Å²) < 4.78 is 0. The zero-order valence-corrected chi connectivity index (χ0v) is 14.4. The van der Waals surface area contributed by atoms with Gasteiger partial charge in [-0.05, 0) is 58.4 Å². The minimum Gasteiger partial charge on any atom is -0.395 e. The Kier molecular flexibility index (Phi) is 15.9. The number of aliphatic hydroxyl groups excluding tert-OH is 1. The lowest BCUT2D eigenvalue weighted by molar-refractivity contribution is 0.215. The molecule has 0 spiro atoms. The second-order valence-corrected chi connectivity index (χ2v) is 6.29. The normalized spacial score (nSPS) is 11.4. The molecule has 0 saturated carbocycles. The van der Waals surface area contributed by atoms with Gasteiger partial charge in [-0.3, -0.25) is 0 Å². The van der Waals surface area contributed by atoms with Crippen LogP contribution in [0.5, 0.6) is 0 Å². The smallest absolute Gasteiger partial charge is 0.0558 e. The highest BCUT2D eigenvalue weighted by molar-refractivity contribution is 4.52. The molecule has 0 aromatic rings. The van der Waals surface area contributed by atoms with Crippen molar-refractivity contribution in [3.8, 4) is 0 Å². The molecule has 1 N–H and O–H groups in total. The van der Waals surface area contributed by atoms with Crippen molar-refractivity contribution in [2.75, 3.05) is 46.9 Å². The first-order valence-electron chi connectivity index (χ1n) is 7.81. The van der Waals surface area contributed by atoms with Crippen LogP contribution in [-0.2, 0) is 0 Å². The average molecular weight is 274 g/mol. The standard InChI is InChI=1S/C8H19NO.C8H19N/c1-8(2)4-5-9(3)6-7-10;1-5-9(4)7-6-8(2)3/h8,10H,4-7H2,1-3H3;8H,5-7H2,1-4H3. The van der Waals surface area contributed by atoms with Crippen LogP contribution in [0.3, 0.4) is 0 Å². The Labute approximate surface area is 122 Å². The van der Waals surface area contributed by atoms with Gasteiger partial charge in [0, 0.05) is 6.54 Å². The molecule has 0 aliphatic carbocycles. The van der Waals surface area contributed by atoms with Crippen LogP contribution < -0.4 is 0 Å². The summed E-state index contributed by atoms with van der Waals surface area (Å²) >= 11 is 0. The fourth-order valence-electron chi connectivity index (χ4n) is 1.40. The molecule has 0 radical (unpaired) electrons. The third-order valence-corrected chi connectivity index (χ3v) is 3.20. The first kappa shape index (κ1) is 21.2. The fraction of sp³-hybridized carbons (Fsp3) is 1.00. The molecular weight excluding hydrogens is 236 g/mol. The SMILES string of the molecule is CC(C)CCN(C)CCO.CCN(C)CCC(C)C. The van der Waals surface area contributed by atoms with E-state index in [0.717, 1.165) is 24.9 Å². The second kappa shape index (κ2) is 14.3. The number of likely N-dealkylation sites (N-methyl/N-ethyl adjacent to an activating group) is 1. The van der Waals surface area contributed by atoms with Gasteiger partial charge in [0.2, 0.25) is 0 Å².